The van der Waals surface area contributed by atoms with Gasteiger partial charge in [-0.05, 0) is 13.0 Å². The highest BCUT2D eigenvalue weighted by Crippen LogP contribution is 2.35. The number of carbonyl (C=O) groups excluding carboxylic acids is 1. The molecule has 0 amide bonds. The van der Waals surface area contributed by atoms with Crippen LogP contribution in [0.15, 0.2) is 24.5 Å². The van der Waals surface area contributed by atoms with Crippen molar-refractivity contribution in [2.24, 2.45) is 0 Å². The van der Waals surface area contributed by atoms with Crippen LogP contribution in [0.25, 0.3) is 5.82 Å². The minimum atomic E-state index is -2.68. The molecule has 9 heteroatoms. The summed E-state index contributed by atoms with van der Waals surface area (Å²) in [5, 5.41) is 0. The average Bonchev–Trinajstić information content (AvgIpc) is 2.98. The Hall–Kier alpha value is -2.68. The van der Waals surface area contributed by atoms with Gasteiger partial charge in [0.05, 0.1) is 37.6 Å². The molecule has 7 nitrogen and oxygen atoms in total. The van der Waals surface area contributed by atoms with Gasteiger partial charge in [-0.3, -0.25) is 0 Å². The normalized spacial score (nSPS) is 15.5. The molecule has 0 atom stereocenters. The van der Waals surface area contributed by atoms with E-state index in [9.17, 15) is 13.6 Å². The monoisotopic (exact) mass is 367 g/mol. The smallest absolute Gasteiger partial charge is 0.339 e. The van der Waals surface area contributed by atoms with Gasteiger partial charge in [-0.15, -0.1) is 0 Å². The molecule has 0 aromatic carbocycles. The van der Waals surface area contributed by atoms with E-state index >= 15 is 0 Å². The number of hydrogen-bond acceptors (Lipinski definition) is 6. The van der Waals surface area contributed by atoms with Gasteiger partial charge in [-0.1, -0.05) is 0 Å². The lowest BCUT2D eigenvalue weighted by Gasteiger charge is -2.40. The molecule has 0 saturated carbocycles. The number of aryl methyl sites for hydroxylation is 1. The van der Waals surface area contributed by atoms with Crippen molar-refractivity contribution >= 4 is 11.7 Å². The zero-order chi connectivity index (χ0) is 18.9. The molecule has 0 bridgehead atoms. The van der Waals surface area contributed by atoms with E-state index in [2.05, 4.69) is 4.98 Å². The van der Waals surface area contributed by atoms with E-state index in [1.54, 1.807) is 29.8 Å². The van der Waals surface area contributed by atoms with E-state index in [1.165, 1.54) is 25.3 Å². The Labute approximate surface area is 149 Å². The number of halogens is 2. The SMILES string of the molecule is COCOc1cc(N2CC(F)(F)C2)cnc1-n1cc(C(=O)OC)cc1C. The number of esters is 1. The molecular formula is C17H19F2N3O4. The molecule has 0 radical (unpaired) electrons. The highest BCUT2D eigenvalue weighted by Gasteiger charge is 2.44. The third-order valence-electron chi connectivity index (χ3n) is 4.02. The molecule has 1 aliphatic rings. The van der Waals surface area contributed by atoms with E-state index in [1.807, 2.05) is 0 Å². The number of carbonyl (C=O) groups is 1. The van der Waals surface area contributed by atoms with Crippen LogP contribution in [0.2, 0.25) is 0 Å². The maximum absolute atomic E-state index is 13.1. The number of nitrogens with zero attached hydrogens (tertiary/aromatic N) is 3. The Morgan fingerprint density at radius 3 is 2.65 bits per heavy atom. The van der Waals surface area contributed by atoms with Crippen LogP contribution < -0.4 is 9.64 Å². The van der Waals surface area contributed by atoms with E-state index in [0.29, 0.717) is 22.8 Å². The standard InChI is InChI=1S/C17H19F2N3O4/c1-11-4-12(16(23)25-3)7-22(11)15-14(26-10-24-2)5-13(6-20-15)21-8-17(18,19)9-21/h4-7H,8-10H2,1-3H3. The summed E-state index contributed by atoms with van der Waals surface area (Å²) in [5.41, 5.74) is 1.64. The minimum absolute atomic E-state index is 0.0293. The molecule has 26 heavy (non-hydrogen) atoms. The number of methoxy groups -OCH3 is 2. The van der Waals surface area contributed by atoms with Gasteiger partial charge in [-0.25, -0.2) is 18.6 Å². The molecule has 140 valence electrons. The first-order valence-electron chi connectivity index (χ1n) is 7.87. The van der Waals surface area contributed by atoms with Crippen molar-refractivity contribution < 1.29 is 27.8 Å². The lowest BCUT2D eigenvalue weighted by Crippen LogP contribution is -2.56. The maximum atomic E-state index is 13.1. The summed E-state index contributed by atoms with van der Waals surface area (Å²) in [6, 6.07) is 3.30. The molecule has 0 aliphatic carbocycles. The van der Waals surface area contributed by atoms with Crippen LogP contribution in [0.5, 0.6) is 5.75 Å². The predicted molar refractivity (Wildman–Crippen MR) is 89.3 cm³/mol. The molecule has 1 aliphatic heterocycles. The van der Waals surface area contributed by atoms with Crippen LogP contribution >= 0.6 is 0 Å². The minimum Gasteiger partial charge on any atom is -0.465 e. The zero-order valence-corrected chi connectivity index (χ0v) is 14.7. The Morgan fingerprint density at radius 2 is 2.04 bits per heavy atom. The summed E-state index contributed by atoms with van der Waals surface area (Å²) in [4.78, 5) is 17.6. The Morgan fingerprint density at radius 1 is 1.31 bits per heavy atom. The third-order valence-corrected chi connectivity index (χ3v) is 4.02. The first-order valence-corrected chi connectivity index (χ1v) is 7.87. The number of ether oxygens (including phenoxy) is 3. The number of hydrogen-bond donors (Lipinski definition) is 0. The van der Waals surface area contributed by atoms with Gasteiger partial charge in [0.1, 0.15) is 0 Å². The second kappa shape index (κ2) is 6.91. The molecule has 1 saturated heterocycles. The number of aromatic nitrogens is 2. The van der Waals surface area contributed by atoms with Crippen molar-refractivity contribution in [1.29, 1.82) is 0 Å². The van der Waals surface area contributed by atoms with Crippen LogP contribution in [0.1, 0.15) is 16.1 Å². The molecule has 2 aromatic heterocycles. The van der Waals surface area contributed by atoms with Crippen molar-refractivity contribution in [3.8, 4) is 11.6 Å². The summed E-state index contributed by atoms with van der Waals surface area (Å²) >= 11 is 0. The van der Waals surface area contributed by atoms with Gasteiger partial charge in [0, 0.05) is 25.1 Å². The second-order valence-electron chi connectivity index (χ2n) is 6.01. The maximum Gasteiger partial charge on any atom is 0.339 e. The van der Waals surface area contributed by atoms with Crippen molar-refractivity contribution in [2.75, 3.05) is 39.0 Å². The van der Waals surface area contributed by atoms with Crippen LogP contribution in [0, 0.1) is 6.92 Å². The zero-order valence-electron chi connectivity index (χ0n) is 14.7. The molecule has 0 N–H and O–H groups in total. The van der Waals surface area contributed by atoms with Gasteiger partial charge >= 0.3 is 5.97 Å². The van der Waals surface area contributed by atoms with Crippen molar-refractivity contribution in [2.45, 2.75) is 12.8 Å². The van der Waals surface area contributed by atoms with Gasteiger partial charge in [0.25, 0.3) is 5.92 Å². The molecule has 1 fully saturated rings. The van der Waals surface area contributed by atoms with Crippen LogP contribution in [-0.2, 0) is 9.47 Å². The number of alkyl halides is 2. The first kappa shape index (κ1) is 18.1. The molecule has 0 unspecified atom stereocenters. The highest BCUT2D eigenvalue weighted by molar-refractivity contribution is 5.89. The molecular weight excluding hydrogens is 348 g/mol. The molecule has 0 spiro atoms. The van der Waals surface area contributed by atoms with E-state index < -0.39 is 11.9 Å². The van der Waals surface area contributed by atoms with Gasteiger partial charge in [0.15, 0.2) is 18.4 Å². The van der Waals surface area contributed by atoms with Crippen molar-refractivity contribution in [3.63, 3.8) is 0 Å². The Bertz CT molecular complexity index is 814. The second-order valence-corrected chi connectivity index (χ2v) is 6.01. The predicted octanol–water partition coefficient (Wildman–Crippen LogP) is 2.41. The van der Waals surface area contributed by atoms with E-state index in [0.717, 1.165) is 5.69 Å². The fraction of sp³-hybridized carbons (Fsp3) is 0.412. The average molecular weight is 367 g/mol. The molecule has 3 rings (SSSR count). The quantitative estimate of drug-likeness (QED) is 0.577. The third kappa shape index (κ3) is 3.48. The Kier molecular flexibility index (Phi) is 4.82. The fourth-order valence-electron chi connectivity index (χ4n) is 2.73. The Balaban J connectivity index is 1.96. The number of pyridine rings is 1. The topological polar surface area (TPSA) is 65.8 Å². The molecule has 2 aromatic rings. The van der Waals surface area contributed by atoms with Crippen molar-refractivity contribution in [1.82, 2.24) is 9.55 Å². The van der Waals surface area contributed by atoms with E-state index in [-0.39, 0.29) is 19.9 Å². The first-order chi connectivity index (χ1) is 12.3. The van der Waals surface area contributed by atoms with Gasteiger partial charge in [-0.2, -0.15) is 0 Å². The van der Waals surface area contributed by atoms with E-state index in [4.69, 9.17) is 14.2 Å². The summed E-state index contributed by atoms with van der Waals surface area (Å²) in [7, 11) is 2.78. The number of anilines is 1. The molecule has 3 heterocycles. The van der Waals surface area contributed by atoms with Gasteiger partial charge < -0.3 is 23.7 Å². The largest absolute Gasteiger partial charge is 0.465 e. The van der Waals surface area contributed by atoms with Gasteiger partial charge in [0.2, 0.25) is 0 Å². The summed E-state index contributed by atoms with van der Waals surface area (Å²) in [6.07, 6.45) is 3.09. The highest BCUT2D eigenvalue weighted by atomic mass is 19.3. The fourth-order valence-corrected chi connectivity index (χ4v) is 2.73. The lowest BCUT2D eigenvalue weighted by atomic mass is 10.1. The summed E-state index contributed by atoms with van der Waals surface area (Å²) < 4.78 is 43.2. The van der Waals surface area contributed by atoms with Crippen molar-refractivity contribution in [3.05, 3.63) is 35.8 Å². The summed E-state index contributed by atoms with van der Waals surface area (Å²) in [5.74, 6) is -2.37. The van der Waals surface area contributed by atoms with Crippen LogP contribution in [0.4, 0.5) is 14.5 Å². The number of rotatable bonds is 6. The van der Waals surface area contributed by atoms with Crippen LogP contribution in [0.3, 0.4) is 0 Å². The summed E-state index contributed by atoms with van der Waals surface area (Å²) in [6.45, 7) is 1.07. The lowest BCUT2D eigenvalue weighted by molar-refractivity contribution is -0.0263. The van der Waals surface area contributed by atoms with Crippen LogP contribution in [-0.4, -0.2) is 55.5 Å².